The molecule has 0 saturated heterocycles. The molecule has 2 N–H and O–H groups in total. The van der Waals surface area contributed by atoms with Crippen molar-refractivity contribution in [1.29, 1.82) is 0 Å². The van der Waals surface area contributed by atoms with Crippen molar-refractivity contribution in [2.24, 2.45) is 0 Å². The van der Waals surface area contributed by atoms with Crippen LogP contribution in [0.5, 0.6) is 0 Å². The molecule has 0 heterocycles. The van der Waals surface area contributed by atoms with Gasteiger partial charge in [0.15, 0.2) is 0 Å². The van der Waals surface area contributed by atoms with Gasteiger partial charge in [0.25, 0.3) is 0 Å². The van der Waals surface area contributed by atoms with Gasteiger partial charge < -0.3 is 10.4 Å². The van der Waals surface area contributed by atoms with E-state index in [9.17, 15) is 5.11 Å². The van der Waals surface area contributed by atoms with Gasteiger partial charge >= 0.3 is 0 Å². The summed E-state index contributed by atoms with van der Waals surface area (Å²) in [6.07, 6.45) is 4.07. The highest BCUT2D eigenvalue weighted by atomic mass is 16.3. The Hall–Kier alpha value is -0.0800. The van der Waals surface area contributed by atoms with E-state index in [2.05, 4.69) is 26.1 Å². The predicted octanol–water partition coefficient (Wildman–Crippen LogP) is 1.68. The Morgan fingerprint density at radius 3 is 2.25 bits per heavy atom. The van der Waals surface area contributed by atoms with Gasteiger partial charge in [0.1, 0.15) is 0 Å². The minimum Gasteiger partial charge on any atom is -0.393 e. The number of aliphatic hydroxyl groups is 1. The first-order valence-corrected chi connectivity index (χ1v) is 4.98. The Kier molecular flexibility index (Phi) is 3.13. The zero-order valence-electron chi connectivity index (χ0n) is 8.43. The largest absolute Gasteiger partial charge is 0.393 e. The van der Waals surface area contributed by atoms with Crippen LogP contribution in [0.25, 0.3) is 0 Å². The van der Waals surface area contributed by atoms with Crippen molar-refractivity contribution in [1.82, 2.24) is 5.32 Å². The van der Waals surface area contributed by atoms with Gasteiger partial charge in [-0.15, -0.1) is 0 Å². The third-order valence-corrected chi connectivity index (χ3v) is 2.70. The quantitative estimate of drug-likeness (QED) is 0.662. The summed E-state index contributed by atoms with van der Waals surface area (Å²) in [7, 11) is 0. The Morgan fingerprint density at radius 1 is 1.33 bits per heavy atom. The van der Waals surface area contributed by atoms with Gasteiger partial charge in [-0.1, -0.05) is 13.8 Å². The molecule has 0 radical (unpaired) electrons. The lowest BCUT2D eigenvalue weighted by Gasteiger charge is -2.38. The number of hydrogen-bond donors (Lipinski definition) is 2. The van der Waals surface area contributed by atoms with Crippen LogP contribution in [-0.2, 0) is 0 Å². The van der Waals surface area contributed by atoms with E-state index in [1.165, 1.54) is 0 Å². The summed E-state index contributed by atoms with van der Waals surface area (Å²) in [5, 5.41) is 12.9. The van der Waals surface area contributed by atoms with Crippen molar-refractivity contribution >= 4 is 0 Å². The van der Waals surface area contributed by atoms with Gasteiger partial charge in [0.05, 0.1) is 6.10 Å². The van der Waals surface area contributed by atoms with Crippen LogP contribution in [0.15, 0.2) is 0 Å². The monoisotopic (exact) mass is 171 g/mol. The second kappa shape index (κ2) is 3.75. The molecule has 2 nitrogen and oxygen atoms in total. The third kappa shape index (κ3) is 2.76. The molecule has 1 fully saturated rings. The molecule has 1 saturated carbocycles. The molecule has 2 heteroatoms. The Bertz CT molecular complexity index is 137. The Labute approximate surface area is 75.4 Å². The average molecular weight is 171 g/mol. The minimum atomic E-state index is -0.0490. The molecule has 72 valence electrons. The van der Waals surface area contributed by atoms with Crippen molar-refractivity contribution in [2.45, 2.75) is 64.1 Å². The highest BCUT2D eigenvalue weighted by molar-refractivity contribution is 4.89. The number of nitrogens with one attached hydrogen (secondary N) is 1. The maximum Gasteiger partial charge on any atom is 0.0541 e. The van der Waals surface area contributed by atoms with E-state index >= 15 is 0 Å². The van der Waals surface area contributed by atoms with Crippen molar-refractivity contribution in [3.05, 3.63) is 0 Å². The highest BCUT2D eigenvalue weighted by Crippen LogP contribution is 2.28. The maximum absolute atomic E-state index is 9.35. The molecule has 0 atom stereocenters. The summed E-state index contributed by atoms with van der Waals surface area (Å²) < 4.78 is 0. The fraction of sp³-hybridized carbons (Fsp3) is 1.00. The van der Waals surface area contributed by atoms with Crippen LogP contribution < -0.4 is 5.32 Å². The van der Waals surface area contributed by atoms with Crippen LogP contribution in [-0.4, -0.2) is 22.8 Å². The second-order valence-corrected chi connectivity index (χ2v) is 4.59. The van der Waals surface area contributed by atoms with Gasteiger partial charge in [-0.3, -0.25) is 0 Å². The Morgan fingerprint density at radius 2 is 1.83 bits per heavy atom. The average Bonchev–Trinajstić information content (AvgIpc) is 1.94. The van der Waals surface area contributed by atoms with Crippen LogP contribution in [0.3, 0.4) is 0 Å². The molecule has 12 heavy (non-hydrogen) atoms. The van der Waals surface area contributed by atoms with Crippen molar-refractivity contribution in [3.63, 3.8) is 0 Å². The molecule has 1 rings (SSSR count). The van der Waals surface area contributed by atoms with Crippen molar-refractivity contribution in [3.8, 4) is 0 Å². The lowest BCUT2D eigenvalue weighted by atomic mass is 9.81. The highest BCUT2D eigenvalue weighted by Gasteiger charge is 2.30. The van der Waals surface area contributed by atoms with Crippen LogP contribution in [0.4, 0.5) is 0 Å². The minimum absolute atomic E-state index is 0.0490. The molecule has 0 aromatic rings. The maximum atomic E-state index is 9.35. The normalized spacial score (nSPS) is 37.2. The fourth-order valence-electron chi connectivity index (χ4n) is 2.08. The van der Waals surface area contributed by atoms with Crippen molar-refractivity contribution in [2.75, 3.05) is 0 Å². The zero-order valence-corrected chi connectivity index (χ0v) is 8.43. The molecule has 0 aromatic heterocycles. The van der Waals surface area contributed by atoms with Crippen LogP contribution in [0.1, 0.15) is 46.5 Å². The first-order chi connectivity index (χ1) is 5.52. The first kappa shape index (κ1) is 10.0. The zero-order chi connectivity index (χ0) is 9.19. The number of aliphatic hydroxyl groups excluding tert-OH is 1. The van der Waals surface area contributed by atoms with Gasteiger partial charge in [0, 0.05) is 11.6 Å². The molecule has 1 aliphatic rings. The van der Waals surface area contributed by atoms with Gasteiger partial charge in [-0.25, -0.2) is 0 Å². The summed E-state index contributed by atoms with van der Waals surface area (Å²) in [6, 6.07) is 0.547. The van der Waals surface area contributed by atoms with E-state index in [0.29, 0.717) is 6.04 Å². The van der Waals surface area contributed by atoms with E-state index in [-0.39, 0.29) is 11.6 Å². The molecular weight excluding hydrogens is 150 g/mol. The smallest absolute Gasteiger partial charge is 0.0541 e. The van der Waals surface area contributed by atoms with Crippen LogP contribution in [0, 0.1) is 0 Å². The topological polar surface area (TPSA) is 32.3 Å². The molecule has 0 spiro atoms. The standard InChI is InChI=1S/C10H21NO/c1-8(2)11-10(3)6-4-9(12)5-7-10/h8-9,11-12H,4-7H2,1-3H3/t9-,10+. The Balaban J connectivity index is 2.39. The van der Waals surface area contributed by atoms with E-state index in [1.54, 1.807) is 0 Å². The van der Waals surface area contributed by atoms with Crippen molar-refractivity contribution < 1.29 is 5.11 Å². The molecule has 0 unspecified atom stereocenters. The molecule has 1 aliphatic carbocycles. The summed E-state index contributed by atoms with van der Waals surface area (Å²) in [5.74, 6) is 0. The van der Waals surface area contributed by atoms with Gasteiger partial charge in [-0.2, -0.15) is 0 Å². The summed E-state index contributed by atoms with van der Waals surface area (Å²) in [6.45, 7) is 6.62. The molecule has 0 aromatic carbocycles. The van der Waals surface area contributed by atoms with Crippen LogP contribution in [0.2, 0.25) is 0 Å². The second-order valence-electron chi connectivity index (χ2n) is 4.59. The van der Waals surface area contributed by atoms with Gasteiger partial charge in [-0.05, 0) is 32.6 Å². The van der Waals surface area contributed by atoms with E-state index in [4.69, 9.17) is 0 Å². The SMILES string of the molecule is CC(C)N[C@]1(C)CC[C@H](O)CC1. The third-order valence-electron chi connectivity index (χ3n) is 2.70. The molecule has 0 aliphatic heterocycles. The van der Waals surface area contributed by atoms with Crippen LogP contribution >= 0.6 is 0 Å². The van der Waals surface area contributed by atoms with Gasteiger partial charge in [0.2, 0.25) is 0 Å². The lowest BCUT2D eigenvalue weighted by molar-refractivity contribution is 0.0866. The lowest BCUT2D eigenvalue weighted by Crippen LogP contribution is -2.49. The first-order valence-electron chi connectivity index (χ1n) is 4.98. The van der Waals surface area contributed by atoms with E-state index in [0.717, 1.165) is 25.7 Å². The van der Waals surface area contributed by atoms with E-state index < -0.39 is 0 Å². The fourth-order valence-corrected chi connectivity index (χ4v) is 2.08. The molecular formula is C10H21NO. The predicted molar refractivity (Wildman–Crippen MR) is 51.2 cm³/mol. The number of rotatable bonds is 2. The summed E-state index contributed by atoms with van der Waals surface area (Å²) in [5.41, 5.74) is 0.271. The van der Waals surface area contributed by atoms with E-state index in [1.807, 2.05) is 0 Å². The molecule has 0 bridgehead atoms. The molecule has 0 amide bonds. The number of hydrogen-bond acceptors (Lipinski definition) is 2. The summed E-state index contributed by atoms with van der Waals surface area (Å²) in [4.78, 5) is 0. The summed E-state index contributed by atoms with van der Waals surface area (Å²) >= 11 is 0.